The highest BCUT2D eigenvalue weighted by atomic mass is 35.5. The van der Waals surface area contributed by atoms with Crippen molar-refractivity contribution in [3.05, 3.63) is 53.1 Å². The van der Waals surface area contributed by atoms with Crippen LogP contribution in [0.3, 0.4) is 0 Å². The lowest BCUT2D eigenvalue weighted by Crippen LogP contribution is -2.20. The molecule has 0 aliphatic heterocycles. The van der Waals surface area contributed by atoms with Gasteiger partial charge in [0.05, 0.1) is 10.6 Å². The zero-order valence-electron chi connectivity index (χ0n) is 10.4. The number of benzene rings is 2. The summed E-state index contributed by atoms with van der Waals surface area (Å²) in [6, 6.07) is 9.79. The van der Waals surface area contributed by atoms with Crippen LogP contribution >= 0.6 is 11.6 Å². The highest BCUT2D eigenvalue weighted by Crippen LogP contribution is 2.43. The maximum atomic E-state index is 13.3. The van der Waals surface area contributed by atoms with Crippen LogP contribution in [0.25, 0.3) is 11.1 Å². The predicted molar refractivity (Wildman–Crippen MR) is 73.3 cm³/mol. The van der Waals surface area contributed by atoms with E-state index in [1.807, 2.05) is 0 Å². The molecule has 0 aliphatic carbocycles. The highest BCUT2D eigenvalue weighted by molar-refractivity contribution is 7.89. The van der Waals surface area contributed by atoms with Crippen LogP contribution in [0.15, 0.2) is 47.4 Å². The summed E-state index contributed by atoms with van der Waals surface area (Å²) in [6.07, 6.45) is -4.92. The van der Waals surface area contributed by atoms with Gasteiger partial charge in [0, 0.05) is 0 Å². The Morgan fingerprint density at radius 1 is 1.00 bits per heavy atom. The van der Waals surface area contributed by atoms with Crippen LogP contribution in [0.4, 0.5) is 13.2 Å². The van der Waals surface area contributed by atoms with E-state index in [0.29, 0.717) is 0 Å². The minimum absolute atomic E-state index is 0.214. The first-order valence-corrected chi connectivity index (χ1v) is 7.52. The van der Waals surface area contributed by atoms with E-state index in [-0.39, 0.29) is 11.1 Å². The zero-order valence-corrected chi connectivity index (χ0v) is 11.9. The lowest BCUT2D eigenvalue weighted by molar-refractivity contribution is -0.139. The molecule has 0 fully saturated rings. The first kappa shape index (κ1) is 15.8. The van der Waals surface area contributed by atoms with Crippen molar-refractivity contribution in [3.8, 4) is 11.1 Å². The van der Waals surface area contributed by atoms with Gasteiger partial charge in [-0.25, -0.2) is 13.6 Å². The SMILES string of the molecule is NS(=O)(=O)c1c(Cl)ccc(-c2ccccc2)c1C(F)(F)F. The molecule has 0 aliphatic rings. The smallest absolute Gasteiger partial charge is 0.225 e. The topological polar surface area (TPSA) is 60.2 Å². The van der Waals surface area contributed by atoms with Crippen LogP contribution in [0.5, 0.6) is 0 Å². The monoisotopic (exact) mass is 335 g/mol. The maximum absolute atomic E-state index is 13.3. The summed E-state index contributed by atoms with van der Waals surface area (Å²) < 4.78 is 63.0. The quantitative estimate of drug-likeness (QED) is 0.910. The van der Waals surface area contributed by atoms with E-state index in [2.05, 4.69) is 0 Å². The van der Waals surface area contributed by atoms with Crippen LogP contribution < -0.4 is 5.14 Å². The molecule has 0 unspecified atom stereocenters. The summed E-state index contributed by atoms with van der Waals surface area (Å²) in [5, 5.41) is 4.32. The fraction of sp³-hybridized carbons (Fsp3) is 0.0769. The maximum Gasteiger partial charge on any atom is 0.418 e. The molecule has 0 bridgehead atoms. The molecule has 0 spiro atoms. The van der Waals surface area contributed by atoms with Crippen LogP contribution in [0.2, 0.25) is 5.02 Å². The molecule has 0 saturated carbocycles. The van der Waals surface area contributed by atoms with Crippen molar-refractivity contribution in [3.63, 3.8) is 0 Å². The number of nitrogens with two attached hydrogens (primary N) is 1. The normalized spacial score (nSPS) is 12.4. The van der Waals surface area contributed by atoms with Gasteiger partial charge in [-0.2, -0.15) is 13.2 Å². The minimum Gasteiger partial charge on any atom is -0.225 e. The number of primary sulfonamides is 1. The summed E-state index contributed by atoms with van der Waals surface area (Å²) >= 11 is 5.62. The van der Waals surface area contributed by atoms with Crippen LogP contribution in [-0.4, -0.2) is 8.42 Å². The first-order chi connectivity index (χ1) is 9.62. The fourth-order valence-corrected chi connectivity index (χ4v) is 3.31. The van der Waals surface area contributed by atoms with Crippen molar-refractivity contribution in [1.29, 1.82) is 0 Å². The molecule has 21 heavy (non-hydrogen) atoms. The second kappa shape index (κ2) is 5.32. The van der Waals surface area contributed by atoms with Crippen LogP contribution in [0.1, 0.15) is 5.56 Å². The summed E-state index contributed by atoms with van der Waals surface area (Å²) in [5.41, 5.74) is -1.44. The molecular formula is C13H9ClF3NO2S. The third kappa shape index (κ3) is 3.20. The molecule has 2 rings (SSSR count). The lowest BCUT2D eigenvalue weighted by atomic mass is 9.99. The number of rotatable bonds is 2. The summed E-state index contributed by atoms with van der Waals surface area (Å²) in [6.45, 7) is 0. The average molecular weight is 336 g/mol. The molecule has 0 aromatic heterocycles. The second-order valence-corrected chi connectivity index (χ2v) is 6.11. The van der Waals surface area contributed by atoms with Gasteiger partial charge in [-0.05, 0) is 17.2 Å². The van der Waals surface area contributed by atoms with Crippen molar-refractivity contribution in [2.45, 2.75) is 11.1 Å². The molecule has 112 valence electrons. The third-order valence-electron chi connectivity index (χ3n) is 2.76. The van der Waals surface area contributed by atoms with Crippen LogP contribution in [0, 0.1) is 0 Å². The van der Waals surface area contributed by atoms with Gasteiger partial charge in [0.25, 0.3) is 0 Å². The van der Waals surface area contributed by atoms with Gasteiger partial charge in [0.15, 0.2) is 0 Å². The van der Waals surface area contributed by atoms with E-state index in [0.717, 1.165) is 12.1 Å². The Kier molecular flexibility index (Phi) is 4.01. The fourth-order valence-electron chi connectivity index (χ4n) is 1.98. The molecule has 2 aromatic rings. The molecule has 0 heterocycles. The van der Waals surface area contributed by atoms with E-state index in [4.69, 9.17) is 16.7 Å². The lowest BCUT2D eigenvalue weighted by Gasteiger charge is -2.17. The van der Waals surface area contributed by atoms with Crippen molar-refractivity contribution in [2.24, 2.45) is 5.14 Å². The van der Waals surface area contributed by atoms with Crippen molar-refractivity contribution in [1.82, 2.24) is 0 Å². The van der Waals surface area contributed by atoms with Gasteiger partial charge in [0.1, 0.15) is 4.90 Å². The summed E-state index contributed by atoms with van der Waals surface area (Å²) in [7, 11) is -4.63. The van der Waals surface area contributed by atoms with E-state index >= 15 is 0 Å². The Bertz CT molecular complexity index is 774. The Morgan fingerprint density at radius 3 is 2.05 bits per heavy atom. The molecule has 3 nitrogen and oxygen atoms in total. The number of hydrogen-bond acceptors (Lipinski definition) is 2. The molecule has 0 atom stereocenters. The van der Waals surface area contributed by atoms with Gasteiger partial charge in [-0.3, -0.25) is 0 Å². The Hall–Kier alpha value is -1.57. The predicted octanol–water partition coefficient (Wildman–Crippen LogP) is 3.67. The minimum atomic E-state index is -4.92. The summed E-state index contributed by atoms with van der Waals surface area (Å²) in [5.74, 6) is 0. The third-order valence-corrected chi connectivity index (χ3v) is 4.18. The summed E-state index contributed by atoms with van der Waals surface area (Å²) in [4.78, 5) is -1.11. The molecule has 0 saturated heterocycles. The highest BCUT2D eigenvalue weighted by Gasteiger charge is 2.40. The molecular weight excluding hydrogens is 327 g/mol. The number of sulfonamides is 1. The van der Waals surface area contributed by atoms with E-state index in [1.54, 1.807) is 18.2 Å². The van der Waals surface area contributed by atoms with Gasteiger partial charge < -0.3 is 0 Å². The molecule has 8 heteroatoms. The second-order valence-electron chi connectivity index (χ2n) is 4.21. The Balaban J connectivity index is 2.92. The average Bonchev–Trinajstić information content (AvgIpc) is 2.37. The van der Waals surface area contributed by atoms with E-state index < -0.39 is 31.7 Å². The number of hydrogen-bond donors (Lipinski definition) is 1. The molecule has 0 radical (unpaired) electrons. The first-order valence-electron chi connectivity index (χ1n) is 5.60. The van der Waals surface area contributed by atoms with Gasteiger partial charge >= 0.3 is 6.18 Å². The molecule has 0 amide bonds. The van der Waals surface area contributed by atoms with E-state index in [1.165, 1.54) is 12.1 Å². The van der Waals surface area contributed by atoms with Crippen molar-refractivity contribution in [2.75, 3.05) is 0 Å². The van der Waals surface area contributed by atoms with Crippen LogP contribution in [-0.2, 0) is 16.2 Å². The van der Waals surface area contributed by atoms with Gasteiger partial charge in [-0.15, -0.1) is 0 Å². The van der Waals surface area contributed by atoms with Gasteiger partial charge in [-0.1, -0.05) is 48.0 Å². The largest absolute Gasteiger partial charge is 0.418 e. The van der Waals surface area contributed by atoms with Gasteiger partial charge in [0.2, 0.25) is 10.0 Å². The zero-order chi connectivity index (χ0) is 15.8. The molecule has 2 N–H and O–H groups in total. The van der Waals surface area contributed by atoms with Crippen molar-refractivity contribution < 1.29 is 21.6 Å². The standard InChI is InChI=1S/C13H9ClF3NO2S/c14-10-7-6-9(8-4-2-1-3-5-8)11(13(15,16)17)12(10)21(18,19)20/h1-7H,(H2,18,19,20). The molecule has 2 aromatic carbocycles. The number of halogens is 4. The number of alkyl halides is 3. The van der Waals surface area contributed by atoms with Crippen molar-refractivity contribution >= 4 is 21.6 Å². The Labute approximate surface area is 124 Å². The van der Waals surface area contributed by atoms with E-state index in [9.17, 15) is 21.6 Å². The Morgan fingerprint density at radius 2 is 1.57 bits per heavy atom.